The normalized spacial score (nSPS) is 25.9. The molecule has 0 radical (unpaired) electrons. The second-order valence-corrected chi connectivity index (χ2v) is 7.63. The monoisotopic (exact) mass is 373 g/mol. The van der Waals surface area contributed by atoms with Crippen LogP contribution in [0.15, 0.2) is 30.3 Å². The zero-order valence-corrected chi connectivity index (χ0v) is 15.4. The number of benzene rings is 1. The number of hydrogen-bond donors (Lipinski definition) is 2. The first-order valence-electron chi connectivity index (χ1n) is 9.45. The Morgan fingerprint density at radius 2 is 1.85 bits per heavy atom. The number of carbonyl (C=O) groups is 3. The van der Waals surface area contributed by atoms with Gasteiger partial charge in [0.25, 0.3) is 0 Å². The zero-order chi connectivity index (χ0) is 19.4. The SMILES string of the molecule is NC(=O)CCC(C(N)=O)N1CC2(CCC(OCc3ccccc3)CC2)C1=O. The van der Waals surface area contributed by atoms with Gasteiger partial charge in [-0.2, -0.15) is 0 Å². The van der Waals surface area contributed by atoms with Gasteiger partial charge in [0.05, 0.1) is 18.1 Å². The second kappa shape index (κ2) is 8.08. The molecule has 1 atom stereocenters. The molecule has 2 fully saturated rings. The minimum atomic E-state index is -0.748. The summed E-state index contributed by atoms with van der Waals surface area (Å²) in [7, 11) is 0. The molecule has 2 aliphatic rings. The molecule has 1 saturated heterocycles. The van der Waals surface area contributed by atoms with Gasteiger partial charge in [-0.1, -0.05) is 30.3 Å². The van der Waals surface area contributed by atoms with Crippen molar-refractivity contribution in [3.05, 3.63) is 35.9 Å². The van der Waals surface area contributed by atoms with Gasteiger partial charge in [-0.25, -0.2) is 0 Å². The van der Waals surface area contributed by atoms with Crippen LogP contribution < -0.4 is 11.5 Å². The van der Waals surface area contributed by atoms with Gasteiger partial charge in [0.1, 0.15) is 6.04 Å². The van der Waals surface area contributed by atoms with Gasteiger partial charge in [-0.3, -0.25) is 14.4 Å². The Balaban J connectivity index is 1.49. The lowest BCUT2D eigenvalue weighted by Gasteiger charge is -2.53. The van der Waals surface area contributed by atoms with Crippen molar-refractivity contribution in [2.45, 2.75) is 57.3 Å². The van der Waals surface area contributed by atoms with Crippen LogP contribution >= 0.6 is 0 Å². The molecule has 0 aromatic heterocycles. The predicted molar refractivity (Wildman–Crippen MR) is 99.0 cm³/mol. The molecule has 4 N–H and O–H groups in total. The van der Waals surface area contributed by atoms with Crippen LogP contribution in [0.4, 0.5) is 0 Å². The van der Waals surface area contributed by atoms with E-state index in [9.17, 15) is 14.4 Å². The minimum Gasteiger partial charge on any atom is -0.374 e. The van der Waals surface area contributed by atoms with Crippen LogP contribution in [0.5, 0.6) is 0 Å². The third kappa shape index (κ3) is 4.30. The van der Waals surface area contributed by atoms with Crippen molar-refractivity contribution >= 4 is 17.7 Å². The molecule has 7 nitrogen and oxygen atoms in total. The van der Waals surface area contributed by atoms with Crippen LogP contribution in [0.1, 0.15) is 44.1 Å². The number of β-lactam (4-membered cyclic amide) rings is 1. The van der Waals surface area contributed by atoms with E-state index in [1.165, 1.54) is 4.90 Å². The zero-order valence-electron chi connectivity index (χ0n) is 15.4. The molecule has 1 aliphatic carbocycles. The Bertz CT molecular complexity index is 698. The smallest absolute Gasteiger partial charge is 0.240 e. The Morgan fingerprint density at radius 3 is 2.41 bits per heavy atom. The fourth-order valence-electron chi connectivity index (χ4n) is 4.13. The number of nitrogens with zero attached hydrogens (tertiary/aromatic N) is 1. The molecule has 1 aromatic carbocycles. The first-order valence-corrected chi connectivity index (χ1v) is 9.45. The molecule has 1 heterocycles. The van der Waals surface area contributed by atoms with Crippen LogP contribution in [0.25, 0.3) is 0 Å². The molecule has 7 heteroatoms. The lowest BCUT2D eigenvalue weighted by molar-refractivity contribution is -0.174. The number of rotatable bonds is 8. The van der Waals surface area contributed by atoms with Gasteiger partial charge >= 0.3 is 0 Å². The number of ether oxygens (including phenoxy) is 1. The second-order valence-electron chi connectivity index (χ2n) is 7.63. The van der Waals surface area contributed by atoms with Gasteiger partial charge in [0, 0.05) is 13.0 Å². The number of hydrogen-bond acceptors (Lipinski definition) is 4. The molecule has 1 spiro atoms. The highest BCUT2D eigenvalue weighted by atomic mass is 16.5. The quantitative estimate of drug-likeness (QED) is 0.664. The maximum absolute atomic E-state index is 12.8. The van der Waals surface area contributed by atoms with E-state index < -0.39 is 23.3 Å². The molecular weight excluding hydrogens is 346 g/mol. The van der Waals surface area contributed by atoms with Gasteiger partial charge in [-0.05, 0) is 37.7 Å². The van der Waals surface area contributed by atoms with E-state index in [1.807, 2.05) is 30.3 Å². The predicted octanol–water partition coefficient (Wildman–Crippen LogP) is 1.09. The first kappa shape index (κ1) is 19.4. The van der Waals surface area contributed by atoms with E-state index in [4.69, 9.17) is 16.2 Å². The van der Waals surface area contributed by atoms with E-state index in [0.29, 0.717) is 13.2 Å². The highest BCUT2D eigenvalue weighted by Gasteiger charge is 2.55. The van der Waals surface area contributed by atoms with Crippen molar-refractivity contribution in [2.75, 3.05) is 6.54 Å². The summed E-state index contributed by atoms with van der Waals surface area (Å²) in [6.07, 6.45) is 3.55. The number of carbonyl (C=O) groups excluding carboxylic acids is 3. The summed E-state index contributed by atoms with van der Waals surface area (Å²) < 4.78 is 5.99. The summed E-state index contributed by atoms with van der Waals surface area (Å²) in [6.45, 7) is 1.10. The van der Waals surface area contributed by atoms with Gasteiger partial charge < -0.3 is 21.1 Å². The first-order chi connectivity index (χ1) is 12.9. The Kier molecular flexibility index (Phi) is 5.79. The third-order valence-electron chi connectivity index (χ3n) is 5.77. The molecule has 3 amide bonds. The van der Waals surface area contributed by atoms with Crippen molar-refractivity contribution in [1.82, 2.24) is 4.90 Å². The molecular formula is C20H27N3O4. The van der Waals surface area contributed by atoms with Crippen LogP contribution in [0.2, 0.25) is 0 Å². The van der Waals surface area contributed by atoms with Crippen LogP contribution in [-0.2, 0) is 25.7 Å². The number of likely N-dealkylation sites (tertiary alicyclic amines) is 1. The summed E-state index contributed by atoms with van der Waals surface area (Å²) in [6, 6.07) is 9.28. The van der Waals surface area contributed by atoms with Crippen LogP contribution in [0.3, 0.4) is 0 Å². The number of amides is 3. The summed E-state index contributed by atoms with van der Waals surface area (Å²) in [5.41, 5.74) is 11.3. The van der Waals surface area contributed by atoms with Crippen molar-refractivity contribution in [3.63, 3.8) is 0 Å². The highest BCUT2D eigenvalue weighted by Crippen LogP contribution is 2.46. The average molecular weight is 373 g/mol. The molecule has 1 saturated carbocycles. The maximum Gasteiger partial charge on any atom is 0.240 e. The summed E-state index contributed by atoms with van der Waals surface area (Å²) in [5.74, 6) is -1.11. The van der Waals surface area contributed by atoms with Gasteiger partial charge in [0.2, 0.25) is 17.7 Å². The molecule has 1 aliphatic heterocycles. The van der Waals surface area contributed by atoms with E-state index in [2.05, 4.69) is 0 Å². The molecule has 0 bridgehead atoms. The van der Waals surface area contributed by atoms with Crippen molar-refractivity contribution in [1.29, 1.82) is 0 Å². The summed E-state index contributed by atoms with van der Waals surface area (Å²) >= 11 is 0. The Hall–Kier alpha value is -2.41. The molecule has 27 heavy (non-hydrogen) atoms. The topological polar surface area (TPSA) is 116 Å². The molecule has 146 valence electrons. The Morgan fingerprint density at radius 1 is 1.19 bits per heavy atom. The van der Waals surface area contributed by atoms with E-state index in [0.717, 1.165) is 31.2 Å². The van der Waals surface area contributed by atoms with Crippen molar-refractivity contribution in [2.24, 2.45) is 16.9 Å². The summed E-state index contributed by atoms with van der Waals surface area (Å²) in [5, 5.41) is 0. The van der Waals surface area contributed by atoms with Crippen LogP contribution in [-0.4, -0.2) is 41.3 Å². The van der Waals surface area contributed by atoms with E-state index in [1.54, 1.807) is 0 Å². The van der Waals surface area contributed by atoms with E-state index in [-0.39, 0.29) is 24.9 Å². The minimum absolute atomic E-state index is 0.0303. The maximum atomic E-state index is 12.8. The van der Waals surface area contributed by atoms with Gasteiger partial charge in [0.15, 0.2) is 0 Å². The standard InChI is InChI=1S/C20H27N3O4/c21-17(24)7-6-16(18(22)25)23-13-20(19(23)26)10-8-15(9-11-20)27-12-14-4-2-1-3-5-14/h1-5,15-16H,6-13H2,(H2,21,24)(H2,22,25). The third-order valence-corrected chi connectivity index (χ3v) is 5.77. The van der Waals surface area contributed by atoms with Crippen molar-refractivity contribution in [3.8, 4) is 0 Å². The lowest BCUT2D eigenvalue weighted by Crippen LogP contribution is -2.67. The summed E-state index contributed by atoms with van der Waals surface area (Å²) in [4.78, 5) is 37.0. The highest BCUT2D eigenvalue weighted by molar-refractivity contribution is 5.94. The fourth-order valence-corrected chi connectivity index (χ4v) is 4.13. The largest absolute Gasteiger partial charge is 0.374 e. The number of nitrogens with two attached hydrogens (primary N) is 2. The van der Waals surface area contributed by atoms with E-state index >= 15 is 0 Å². The van der Waals surface area contributed by atoms with Crippen molar-refractivity contribution < 1.29 is 19.1 Å². The van der Waals surface area contributed by atoms with Crippen LogP contribution in [0, 0.1) is 5.41 Å². The molecule has 1 unspecified atom stereocenters. The van der Waals surface area contributed by atoms with Gasteiger partial charge in [-0.15, -0.1) is 0 Å². The average Bonchev–Trinajstić information content (AvgIpc) is 2.66. The molecule has 3 rings (SSSR count). The molecule has 1 aromatic rings. The number of primary amides is 2. The lowest BCUT2D eigenvalue weighted by atomic mass is 9.66. The fraction of sp³-hybridized carbons (Fsp3) is 0.550. The Labute approximate surface area is 159 Å².